The molecule has 0 atom stereocenters. The summed E-state index contributed by atoms with van der Waals surface area (Å²) in [5, 5.41) is 4.41. The molecule has 2 aromatic heterocycles. The van der Waals surface area contributed by atoms with Crippen LogP contribution in [0.4, 0.5) is 5.69 Å². The third-order valence-electron chi connectivity index (χ3n) is 4.85. The Kier molecular flexibility index (Phi) is 6.37. The minimum absolute atomic E-state index is 0.0446. The molecule has 4 rings (SSSR count). The van der Waals surface area contributed by atoms with Gasteiger partial charge in [0.2, 0.25) is 5.88 Å². The summed E-state index contributed by atoms with van der Waals surface area (Å²) in [4.78, 5) is 8.43. The second-order valence-electron chi connectivity index (χ2n) is 7.30. The summed E-state index contributed by atoms with van der Waals surface area (Å²) in [7, 11) is -0.913. The predicted molar refractivity (Wildman–Crippen MR) is 125 cm³/mol. The van der Waals surface area contributed by atoms with Crippen molar-refractivity contribution in [1.82, 2.24) is 19.7 Å². The molecule has 0 unspecified atom stereocenters. The van der Waals surface area contributed by atoms with Crippen molar-refractivity contribution in [3.63, 3.8) is 0 Å². The average molecular weight is 482 g/mol. The molecule has 176 valence electrons. The van der Waals surface area contributed by atoms with Crippen LogP contribution in [0, 0.1) is 13.8 Å². The van der Waals surface area contributed by atoms with E-state index in [1.165, 1.54) is 38.7 Å². The zero-order valence-electron chi connectivity index (χ0n) is 19.0. The van der Waals surface area contributed by atoms with Crippen LogP contribution in [0.3, 0.4) is 0 Å². The summed E-state index contributed by atoms with van der Waals surface area (Å²) in [6.45, 7) is 3.84. The van der Waals surface area contributed by atoms with Gasteiger partial charge in [-0.1, -0.05) is 0 Å². The highest BCUT2D eigenvalue weighted by Gasteiger charge is 2.17. The van der Waals surface area contributed by atoms with E-state index in [9.17, 15) is 8.42 Å². The Morgan fingerprint density at radius 1 is 0.882 bits per heavy atom. The monoisotopic (exact) mass is 481 g/mol. The van der Waals surface area contributed by atoms with Crippen molar-refractivity contribution in [3.05, 3.63) is 72.3 Å². The van der Waals surface area contributed by atoms with Crippen molar-refractivity contribution in [3.8, 4) is 28.9 Å². The van der Waals surface area contributed by atoms with Crippen LogP contribution in [0.5, 0.6) is 23.1 Å². The van der Waals surface area contributed by atoms with Crippen molar-refractivity contribution in [2.45, 2.75) is 18.7 Å². The molecule has 0 aliphatic carbocycles. The van der Waals surface area contributed by atoms with Gasteiger partial charge in [-0.15, -0.1) is 0 Å². The van der Waals surface area contributed by atoms with E-state index in [0.717, 1.165) is 11.4 Å². The van der Waals surface area contributed by atoms with Gasteiger partial charge in [-0.3, -0.25) is 4.72 Å². The van der Waals surface area contributed by atoms with Crippen molar-refractivity contribution >= 4 is 15.7 Å². The number of benzene rings is 2. The van der Waals surface area contributed by atoms with Gasteiger partial charge in [-0.2, -0.15) is 5.10 Å². The molecule has 34 heavy (non-hydrogen) atoms. The maximum atomic E-state index is 12.8. The number of nitrogens with zero attached hydrogens (tertiary/aromatic N) is 4. The van der Waals surface area contributed by atoms with Crippen molar-refractivity contribution in [2.24, 2.45) is 0 Å². The Bertz CT molecular complexity index is 1420. The van der Waals surface area contributed by atoms with Crippen LogP contribution in [0.1, 0.15) is 11.4 Å². The number of nitrogens with one attached hydrogen (secondary N) is 1. The molecule has 0 saturated carbocycles. The fourth-order valence-electron chi connectivity index (χ4n) is 3.27. The van der Waals surface area contributed by atoms with E-state index in [0.29, 0.717) is 34.6 Å². The van der Waals surface area contributed by atoms with Crippen LogP contribution in [0.25, 0.3) is 5.82 Å². The minimum Gasteiger partial charge on any atom is -0.493 e. The van der Waals surface area contributed by atoms with Crippen molar-refractivity contribution in [2.75, 3.05) is 18.9 Å². The summed E-state index contributed by atoms with van der Waals surface area (Å²) >= 11 is 0. The molecule has 4 aromatic rings. The number of aromatic nitrogens is 4. The predicted octanol–water partition coefficient (Wildman–Crippen LogP) is 3.89. The molecule has 0 spiro atoms. The lowest BCUT2D eigenvalue weighted by atomic mass is 10.3. The van der Waals surface area contributed by atoms with E-state index < -0.39 is 10.0 Å². The number of ether oxygens (including phenoxy) is 3. The van der Waals surface area contributed by atoms with Crippen LogP contribution in [0.2, 0.25) is 0 Å². The molecule has 2 heterocycles. The SMILES string of the molecule is COc1ccc(S(=O)(=O)Nc2ccc(Oc3cc(-n4nc(C)cc4C)ncn3)cc2)cc1OC. The first kappa shape index (κ1) is 23.1. The highest BCUT2D eigenvalue weighted by molar-refractivity contribution is 7.92. The highest BCUT2D eigenvalue weighted by atomic mass is 32.2. The fraction of sp³-hybridized carbons (Fsp3) is 0.174. The lowest BCUT2D eigenvalue weighted by Gasteiger charge is -2.12. The van der Waals surface area contributed by atoms with Crippen LogP contribution in [-0.4, -0.2) is 42.4 Å². The average Bonchev–Trinajstić information content (AvgIpc) is 3.17. The van der Waals surface area contributed by atoms with Crippen LogP contribution >= 0.6 is 0 Å². The van der Waals surface area contributed by atoms with Crippen LogP contribution < -0.4 is 18.9 Å². The number of sulfonamides is 1. The highest BCUT2D eigenvalue weighted by Crippen LogP contribution is 2.30. The molecule has 0 amide bonds. The van der Waals surface area contributed by atoms with Gasteiger partial charge < -0.3 is 14.2 Å². The lowest BCUT2D eigenvalue weighted by molar-refractivity contribution is 0.354. The first-order valence-corrected chi connectivity index (χ1v) is 11.7. The summed E-state index contributed by atoms with van der Waals surface area (Å²) in [6.07, 6.45) is 1.40. The molecular formula is C23H23N5O5S. The van der Waals surface area contributed by atoms with Gasteiger partial charge in [-0.25, -0.2) is 23.1 Å². The van der Waals surface area contributed by atoms with E-state index in [1.54, 1.807) is 35.0 Å². The Morgan fingerprint density at radius 3 is 2.26 bits per heavy atom. The second-order valence-corrected chi connectivity index (χ2v) is 8.98. The summed E-state index contributed by atoms with van der Waals surface area (Å²) in [5.74, 6) is 2.14. The number of anilines is 1. The van der Waals surface area contributed by atoms with Gasteiger partial charge in [0.25, 0.3) is 10.0 Å². The third-order valence-corrected chi connectivity index (χ3v) is 6.23. The summed E-state index contributed by atoms with van der Waals surface area (Å²) < 4.78 is 46.0. The van der Waals surface area contributed by atoms with Gasteiger partial charge >= 0.3 is 0 Å². The number of hydrogen-bond acceptors (Lipinski definition) is 8. The van der Waals surface area contributed by atoms with Gasteiger partial charge in [-0.05, 0) is 56.3 Å². The first-order chi connectivity index (χ1) is 16.3. The molecule has 0 radical (unpaired) electrons. The second kappa shape index (κ2) is 9.40. The maximum Gasteiger partial charge on any atom is 0.262 e. The summed E-state index contributed by atoms with van der Waals surface area (Å²) in [6, 6.07) is 14.5. The Balaban J connectivity index is 1.49. The molecule has 1 N–H and O–H groups in total. The Morgan fingerprint density at radius 2 is 1.62 bits per heavy atom. The quantitative estimate of drug-likeness (QED) is 0.403. The molecule has 11 heteroatoms. The molecule has 0 aliphatic heterocycles. The van der Waals surface area contributed by atoms with E-state index in [4.69, 9.17) is 14.2 Å². The van der Waals surface area contributed by atoms with E-state index in [2.05, 4.69) is 19.8 Å². The Hall–Kier alpha value is -4.12. The smallest absolute Gasteiger partial charge is 0.262 e. The number of aryl methyl sites for hydroxylation is 2. The minimum atomic E-state index is -3.84. The molecule has 10 nitrogen and oxygen atoms in total. The van der Waals surface area contributed by atoms with Gasteiger partial charge in [0, 0.05) is 23.5 Å². The van der Waals surface area contributed by atoms with Gasteiger partial charge in [0.1, 0.15) is 12.1 Å². The zero-order chi connectivity index (χ0) is 24.3. The maximum absolute atomic E-state index is 12.8. The normalized spacial score (nSPS) is 11.2. The van der Waals surface area contributed by atoms with Crippen LogP contribution in [-0.2, 0) is 10.0 Å². The summed E-state index contributed by atoms with van der Waals surface area (Å²) in [5.41, 5.74) is 2.19. The van der Waals surface area contributed by atoms with Crippen LogP contribution in [0.15, 0.2) is 65.8 Å². The van der Waals surface area contributed by atoms with Crippen molar-refractivity contribution in [1.29, 1.82) is 0 Å². The topological polar surface area (TPSA) is 117 Å². The first-order valence-electron chi connectivity index (χ1n) is 10.2. The zero-order valence-corrected chi connectivity index (χ0v) is 19.8. The fourth-order valence-corrected chi connectivity index (χ4v) is 4.35. The standard InChI is InChI=1S/C23H23N5O5S/c1-15-11-16(2)28(26-15)22-13-23(25-14-24-22)33-18-7-5-17(6-8-18)27-34(29,30)19-9-10-20(31-3)21(12-19)32-4/h5-14,27H,1-4H3. The number of hydrogen-bond donors (Lipinski definition) is 1. The molecule has 0 fully saturated rings. The molecular weight excluding hydrogens is 458 g/mol. The van der Waals surface area contributed by atoms with E-state index in [-0.39, 0.29) is 4.90 Å². The van der Waals surface area contributed by atoms with Gasteiger partial charge in [0.15, 0.2) is 17.3 Å². The van der Waals surface area contributed by atoms with Gasteiger partial charge in [0.05, 0.1) is 24.8 Å². The lowest BCUT2D eigenvalue weighted by Crippen LogP contribution is -2.13. The largest absolute Gasteiger partial charge is 0.493 e. The van der Waals surface area contributed by atoms with E-state index >= 15 is 0 Å². The molecule has 0 saturated heterocycles. The molecule has 0 aliphatic rings. The van der Waals surface area contributed by atoms with E-state index in [1.807, 2.05) is 19.9 Å². The number of methoxy groups -OCH3 is 2. The third kappa shape index (κ3) is 4.94. The Labute approximate surface area is 197 Å². The molecule has 0 bridgehead atoms. The number of rotatable bonds is 8. The van der Waals surface area contributed by atoms with Crippen molar-refractivity contribution < 1.29 is 22.6 Å². The molecule has 2 aromatic carbocycles.